The van der Waals surface area contributed by atoms with Gasteiger partial charge in [0, 0.05) is 13.1 Å². The molecule has 0 bridgehead atoms. The summed E-state index contributed by atoms with van der Waals surface area (Å²) < 4.78 is 49.5. The topological polar surface area (TPSA) is 97.5 Å². The highest BCUT2D eigenvalue weighted by atomic mass is 32.2. The summed E-state index contributed by atoms with van der Waals surface area (Å²) in [6.07, 6.45) is 2.58. The zero-order valence-corrected chi connectivity index (χ0v) is 12.6. The summed E-state index contributed by atoms with van der Waals surface area (Å²) in [5.41, 5.74) is 0.938. The highest BCUT2D eigenvalue weighted by Crippen LogP contribution is 2.25. The zero-order chi connectivity index (χ0) is 15.0. The van der Waals surface area contributed by atoms with E-state index in [4.69, 9.17) is 5.14 Å². The number of sulfonamides is 2. The molecule has 8 heteroatoms. The molecule has 0 saturated heterocycles. The van der Waals surface area contributed by atoms with Crippen LogP contribution in [0.2, 0.25) is 0 Å². The van der Waals surface area contributed by atoms with E-state index in [0.29, 0.717) is 13.0 Å². The van der Waals surface area contributed by atoms with Crippen molar-refractivity contribution in [2.75, 3.05) is 13.1 Å². The van der Waals surface area contributed by atoms with Gasteiger partial charge in [-0.1, -0.05) is 23.8 Å². The van der Waals surface area contributed by atoms with Gasteiger partial charge in [0.1, 0.15) is 9.79 Å². The summed E-state index contributed by atoms with van der Waals surface area (Å²) >= 11 is 0. The van der Waals surface area contributed by atoms with E-state index in [2.05, 4.69) is 0 Å². The Labute approximate surface area is 119 Å². The van der Waals surface area contributed by atoms with Gasteiger partial charge in [-0.3, -0.25) is 0 Å². The van der Waals surface area contributed by atoms with Crippen molar-refractivity contribution in [1.29, 1.82) is 0 Å². The van der Waals surface area contributed by atoms with Crippen molar-refractivity contribution < 1.29 is 16.8 Å². The fraction of sp³-hybridized carbons (Fsp3) is 0.333. The summed E-state index contributed by atoms with van der Waals surface area (Å²) in [5.74, 6) is 0. The summed E-state index contributed by atoms with van der Waals surface area (Å²) in [6, 6.07) is 5.39. The maximum Gasteiger partial charge on any atom is 0.244 e. The molecule has 0 saturated carbocycles. The van der Waals surface area contributed by atoms with Crippen molar-refractivity contribution in [2.45, 2.75) is 23.1 Å². The summed E-state index contributed by atoms with van der Waals surface area (Å²) in [4.78, 5) is -0.635. The normalized spacial score (nSPS) is 17.8. The highest BCUT2D eigenvalue weighted by Gasteiger charge is 2.30. The second-order valence-corrected chi connectivity index (χ2v) is 8.11. The van der Waals surface area contributed by atoms with Gasteiger partial charge in [0.25, 0.3) is 0 Å². The number of rotatable bonds is 3. The molecule has 1 heterocycles. The lowest BCUT2D eigenvalue weighted by Crippen LogP contribution is -2.36. The van der Waals surface area contributed by atoms with E-state index in [0.717, 1.165) is 5.57 Å². The predicted molar refractivity (Wildman–Crippen MR) is 74.9 cm³/mol. The van der Waals surface area contributed by atoms with Crippen LogP contribution in [-0.4, -0.2) is 34.2 Å². The van der Waals surface area contributed by atoms with Gasteiger partial charge in [0.2, 0.25) is 20.0 Å². The molecule has 0 spiro atoms. The van der Waals surface area contributed by atoms with Gasteiger partial charge in [0.15, 0.2) is 0 Å². The van der Waals surface area contributed by atoms with Gasteiger partial charge < -0.3 is 0 Å². The van der Waals surface area contributed by atoms with E-state index in [1.807, 2.05) is 13.0 Å². The van der Waals surface area contributed by atoms with Crippen LogP contribution in [0.5, 0.6) is 0 Å². The number of hydrogen-bond donors (Lipinski definition) is 1. The first-order chi connectivity index (χ1) is 9.23. The Hall–Kier alpha value is -1.22. The van der Waals surface area contributed by atoms with E-state index in [1.54, 1.807) is 0 Å². The molecule has 1 aromatic rings. The van der Waals surface area contributed by atoms with Crippen molar-refractivity contribution in [2.24, 2.45) is 5.14 Å². The van der Waals surface area contributed by atoms with Crippen molar-refractivity contribution in [3.63, 3.8) is 0 Å². The maximum absolute atomic E-state index is 12.6. The molecule has 0 fully saturated rings. The van der Waals surface area contributed by atoms with Crippen LogP contribution in [0.25, 0.3) is 0 Å². The smallest absolute Gasteiger partial charge is 0.225 e. The maximum atomic E-state index is 12.6. The minimum Gasteiger partial charge on any atom is -0.225 e. The number of benzene rings is 1. The number of hydrogen-bond acceptors (Lipinski definition) is 4. The molecule has 2 N–H and O–H groups in total. The van der Waals surface area contributed by atoms with E-state index >= 15 is 0 Å². The highest BCUT2D eigenvalue weighted by molar-refractivity contribution is 7.92. The minimum atomic E-state index is -4.09. The van der Waals surface area contributed by atoms with Crippen LogP contribution in [0.4, 0.5) is 0 Å². The molecule has 0 unspecified atom stereocenters. The van der Waals surface area contributed by atoms with Crippen LogP contribution >= 0.6 is 0 Å². The fourth-order valence-electron chi connectivity index (χ4n) is 2.12. The largest absolute Gasteiger partial charge is 0.244 e. The molecule has 1 aromatic carbocycles. The Bertz CT molecular complexity index is 751. The van der Waals surface area contributed by atoms with E-state index in [-0.39, 0.29) is 16.3 Å². The summed E-state index contributed by atoms with van der Waals surface area (Å²) in [7, 11) is -7.96. The third-order valence-corrected chi connectivity index (χ3v) is 6.07. The monoisotopic (exact) mass is 316 g/mol. The standard InChI is InChI=1S/C12H16N2O4S2/c1-10-5-4-8-14(9-10)20(17,18)12-7-3-2-6-11(12)19(13,15)16/h2-3,5-7H,4,8-9H2,1H3,(H2,13,15,16). The van der Waals surface area contributed by atoms with Gasteiger partial charge in [-0.05, 0) is 25.5 Å². The van der Waals surface area contributed by atoms with Crippen molar-refractivity contribution in [3.05, 3.63) is 35.9 Å². The second kappa shape index (κ2) is 5.28. The fourth-order valence-corrected chi connectivity index (χ4v) is 4.97. The van der Waals surface area contributed by atoms with E-state index < -0.39 is 20.0 Å². The Kier molecular flexibility index (Phi) is 4.01. The Morgan fingerprint density at radius 1 is 1.10 bits per heavy atom. The first-order valence-electron chi connectivity index (χ1n) is 6.00. The third kappa shape index (κ3) is 2.93. The van der Waals surface area contributed by atoms with Gasteiger partial charge >= 0.3 is 0 Å². The lowest BCUT2D eigenvalue weighted by atomic mass is 10.2. The number of primary sulfonamides is 1. The average Bonchev–Trinajstić information content (AvgIpc) is 2.38. The van der Waals surface area contributed by atoms with Gasteiger partial charge in [-0.2, -0.15) is 4.31 Å². The zero-order valence-electron chi connectivity index (χ0n) is 11.0. The van der Waals surface area contributed by atoms with Gasteiger partial charge in [0.05, 0.1) is 0 Å². The minimum absolute atomic E-state index is 0.265. The molecule has 6 nitrogen and oxygen atoms in total. The molecule has 1 aliphatic heterocycles. The molecule has 0 aliphatic carbocycles. The number of nitrogens with two attached hydrogens (primary N) is 1. The molecule has 0 aromatic heterocycles. The first-order valence-corrected chi connectivity index (χ1v) is 8.99. The van der Waals surface area contributed by atoms with Crippen LogP contribution in [0.15, 0.2) is 45.7 Å². The molecule has 0 radical (unpaired) electrons. The first kappa shape index (κ1) is 15.2. The Morgan fingerprint density at radius 3 is 2.25 bits per heavy atom. The van der Waals surface area contributed by atoms with Crippen LogP contribution in [0, 0.1) is 0 Å². The van der Waals surface area contributed by atoms with Crippen molar-refractivity contribution in [1.82, 2.24) is 4.31 Å². The molecular weight excluding hydrogens is 300 g/mol. The van der Waals surface area contributed by atoms with Crippen LogP contribution in [0.3, 0.4) is 0 Å². The molecular formula is C12H16N2O4S2. The van der Waals surface area contributed by atoms with Crippen LogP contribution in [0.1, 0.15) is 13.3 Å². The summed E-state index contributed by atoms with van der Waals surface area (Å²) in [6.45, 7) is 2.44. The van der Waals surface area contributed by atoms with Crippen LogP contribution < -0.4 is 5.14 Å². The molecule has 0 amide bonds. The average molecular weight is 316 g/mol. The molecule has 110 valence electrons. The lowest BCUT2D eigenvalue weighted by molar-refractivity contribution is 0.426. The van der Waals surface area contributed by atoms with Gasteiger partial charge in [-0.25, -0.2) is 22.0 Å². The molecule has 20 heavy (non-hydrogen) atoms. The van der Waals surface area contributed by atoms with Crippen LogP contribution in [-0.2, 0) is 20.0 Å². The quantitative estimate of drug-likeness (QED) is 0.829. The predicted octanol–water partition coefficient (Wildman–Crippen LogP) is 0.675. The molecule has 0 atom stereocenters. The lowest BCUT2D eigenvalue weighted by Gasteiger charge is -2.26. The second-order valence-electron chi connectivity index (χ2n) is 4.67. The Morgan fingerprint density at radius 2 is 1.70 bits per heavy atom. The number of nitrogens with zero attached hydrogens (tertiary/aromatic N) is 1. The van der Waals surface area contributed by atoms with Crippen molar-refractivity contribution >= 4 is 20.0 Å². The van der Waals surface area contributed by atoms with E-state index in [1.165, 1.54) is 28.6 Å². The van der Waals surface area contributed by atoms with Crippen molar-refractivity contribution in [3.8, 4) is 0 Å². The van der Waals surface area contributed by atoms with Gasteiger partial charge in [-0.15, -0.1) is 0 Å². The Balaban J connectivity index is 2.54. The van der Waals surface area contributed by atoms with E-state index in [9.17, 15) is 16.8 Å². The summed E-state index contributed by atoms with van der Waals surface area (Å²) in [5, 5.41) is 5.09. The third-order valence-electron chi connectivity index (χ3n) is 3.07. The SMILES string of the molecule is CC1=CCCN(S(=O)(=O)c2ccccc2S(N)(=O)=O)C1. The molecule has 2 rings (SSSR count). The molecule has 1 aliphatic rings.